The lowest BCUT2D eigenvalue weighted by Crippen LogP contribution is -2.30. The lowest BCUT2D eigenvalue weighted by atomic mass is 9.96. The number of ether oxygens (including phenoxy) is 1. The van der Waals surface area contributed by atoms with Gasteiger partial charge in [-0.25, -0.2) is 4.68 Å². The van der Waals surface area contributed by atoms with Gasteiger partial charge in [0, 0.05) is 24.9 Å². The van der Waals surface area contributed by atoms with E-state index in [9.17, 15) is 4.79 Å². The molecule has 1 aromatic heterocycles. The summed E-state index contributed by atoms with van der Waals surface area (Å²) in [5.41, 5.74) is 3.26. The van der Waals surface area contributed by atoms with Crippen LogP contribution in [0.1, 0.15) is 69.9 Å². The molecule has 0 spiro atoms. The molecule has 1 saturated carbocycles. The topological polar surface area (TPSA) is 68.2 Å². The third-order valence-corrected chi connectivity index (χ3v) is 7.33. The van der Waals surface area contributed by atoms with Crippen molar-refractivity contribution in [1.82, 2.24) is 9.78 Å². The molecule has 2 atom stereocenters. The van der Waals surface area contributed by atoms with Gasteiger partial charge in [-0.3, -0.25) is 4.79 Å². The number of rotatable bonds is 4. The SMILES string of the molecule is CC1CCc2ccccc2N1.O=c1c(Cl)c(NCC2CCCOC2)cnn1C1CCCCC1. The van der Waals surface area contributed by atoms with Crippen LogP contribution in [0.3, 0.4) is 0 Å². The summed E-state index contributed by atoms with van der Waals surface area (Å²) in [5.74, 6) is 0.477. The van der Waals surface area contributed by atoms with Crippen LogP contribution in [0.15, 0.2) is 35.3 Å². The first-order valence-electron chi connectivity index (χ1n) is 12.5. The normalized spacial score (nSPS) is 23.0. The van der Waals surface area contributed by atoms with Crippen LogP contribution in [0.2, 0.25) is 5.02 Å². The number of aromatic nitrogens is 2. The van der Waals surface area contributed by atoms with Crippen molar-refractivity contribution in [2.75, 3.05) is 30.4 Å². The first-order chi connectivity index (χ1) is 16.1. The van der Waals surface area contributed by atoms with Gasteiger partial charge in [0.2, 0.25) is 0 Å². The lowest BCUT2D eigenvalue weighted by Gasteiger charge is -2.24. The minimum Gasteiger partial charge on any atom is -0.382 e. The van der Waals surface area contributed by atoms with E-state index in [1.807, 2.05) is 0 Å². The van der Waals surface area contributed by atoms with Gasteiger partial charge in [0.1, 0.15) is 5.02 Å². The van der Waals surface area contributed by atoms with E-state index >= 15 is 0 Å². The fourth-order valence-electron chi connectivity index (χ4n) is 4.97. The third kappa shape index (κ3) is 6.51. The number of hydrogen-bond acceptors (Lipinski definition) is 5. The Labute approximate surface area is 202 Å². The molecular formula is C26H37ClN4O2. The summed E-state index contributed by atoms with van der Waals surface area (Å²) in [5, 5.41) is 11.3. The quantitative estimate of drug-likeness (QED) is 0.599. The van der Waals surface area contributed by atoms with Gasteiger partial charge in [-0.1, -0.05) is 49.1 Å². The molecule has 0 bridgehead atoms. The van der Waals surface area contributed by atoms with Crippen molar-refractivity contribution in [3.8, 4) is 0 Å². The van der Waals surface area contributed by atoms with Crippen molar-refractivity contribution < 1.29 is 4.74 Å². The Morgan fingerprint density at radius 2 is 1.97 bits per heavy atom. The zero-order valence-electron chi connectivity index (χ0n) is 19.7. The fourth-order valence-corrected chi connectivity index (χ4v) is 5.17. The summed E-state index contributed by atoms with van der Waals surface area (Å²) in [6.07, 6.45) is 12.1. The molecule has 1 saturated heterocycles. The lowest BCUT2D eigenvalue weighted by molar-refractivity contribution is 0.0595. The number of para-hydroxylation sites is 1. The standard InChI is InChI=1S/C16H24ClN3O2.C10H13N/c17-15-14(18-9-12-5-4-8-22-11-12)10-19-20(16(15)21)13-6-2-1-3-7-13;1-8-6-7-9-4-2-3-5-10(9)11-8/h10,12-13,18H,1-9,11H2;2-5,8,11H,6-7H2,1H3. The molecule has 1 aliphatic carbocycles. The van der Waals surface area contributed by atoms with Crippen LogP contribution in [0, 0.1) is 5.92 Å². The van der Waals surface area contributed by atoms with Crippen molar-refractivity contribution in [2.45, 2.75) is 76.8 Å². The minimum absolute atomic E-state index is 0.168. The maximum Gasteiger partial charge on any atom is 0.287 e. The summed E-state index contributed by atoms with van der Waals surface area (Å²) in [6, 6.07) is 9.41. The van der Waals surface area contributed by atoms with Crippen molar-refractivity contribution in [1.29, 1.82) is 0 Å². The first kappa shape index (κ1) is 24.1. The van der Waals surface area contributed by atoms with Gasteiger partial charge >= 0.3 is 0 Å². The van der Waals surface area contributed by atoms with Crippen molar-refractivity contribution in [2.24, 2.45) is 5.92 Å². The molecule has 180 valence electrons. The Balaban J connectivity index is 0.000000196. The van der Waals surface area contributed by atoms with Crippen molar-refractivity contribution in [3.05, 3.63) is 51.4 Å². The number of hydrogen-bond donors (Lipinski definition) is 2. The molecule has 3 aliphatic rings. The number of benzene rings is 1. The zero-order valence-corrected chi connectivity index (χ0v) is 20.4. The van der Waals surface area contributed by atoms with E-state index in [0.717, 1.165) is 58.3 Å². The number of fused-ring (bicyclic) bond motifs is 1. The second-order valence-electron chi connectivity index (χ2n) is 9.62. The van der Waals surface area contributed by atoms with E-state index in [4.69, 9.17) is 16.3 Å². The highest BCUT2D eigenvalue weighted by Crippen LogP contribution is 2.27. The molecule has 3 heterocycles. The van der Waals surface area contributed by atoms with Gasteiger partial charge in [-0.05, 0) is 63.0 Å². The largest absolute Gasteiger partial charge is 0.382 e. The highest BCUT2D eigenvalue weighted by Gasteiger charge is 2.20. The van der Waals surface area contributed by atoms with Gasteiger partial charge < -0.3 is 15.4 Å². The Morgan fingerprint density at radius 1 is 1.15 bits per heavy atom. The molecule has 0 radical (unpaired) electrons. The molecule has 2 aliphatic heterocycles. The Bertz CT molecular complexity index is 952. The van der Waals surface area contributed by atoms with E-state index in [-0.39, 0.29) is 16.6 Å². The van der Waals surface area contributed by atoms with E-state index in [0.29, 0.717) is 17.6 Å². The Hall–Kier alpha value is -2.05. The molecule has 1 aromatic carbocycles. The number of halogens is 1. The molecule has 2 N–H and O–H groups in total. The molecule has 33 heavy (non-hydrogen) atoms. The van der Waals surface area contributed by atoms with Crippen LogP contribution in [0.4, 0.5) is 11.4 Å². The summed E-state index contributed by atoms with van der Waals surface area (Å²) in [7, 11) is 0. The van der Waals surface area contributed by atoms with Gasteiger partial charge in [0.25, 0.3) is 5.56 Å². The minimum atomic E-state index is -0.168. The van der Waals surface area contributed by atoms with E-state index in [2.05, 4.69) is 46.9 Å². The van der Waals surface area contributed by atoms with Crippen molar-refractivity contribution in [3.63, 3.8) is 0 Å². The highest BCUT2D eigenvalue weighted by molar-refractivity contribution is 6.32. The smallest absolute Gasteiger partial charge is 0.287 e. The van der Waals surface area contributed by atoms with Crippen LogP contribution in [-0.4, -0.2) is 35.6 Å². The first-order valence-corrected chi connectivity index (χ1v) is 12.9. The molecule has 2 fully saturated rings. The van der Waals surface area contributed by atoms with Crippen LogP contribution in [0.5, 0.6) is 0 Å². The summed E-state index contributed by atoms with van der Waals surface area (Å²) in [6.45, 7) is 4.64. The van der Waals surface area contributed by atoms with Crippen molar-refractivity contribution >= 4 is 23.0 Å². The number of nitrogens with zero attached hydrogens (tertiary/aromatic N) is 2. The summed E-state index contributed by atoms with van der Waals surface area (Å²) >= 11 is 6.27. The molecule has 7 heteroatoms. The van der Waals surface area contributed by atoms with E-state index in [1.54, 1.807) is 10.9 Å². The van der Waals surface area contributed by atoms with Crippen LogP contribution < -0.4 is 16.2 Å². The summed E-state index contributed by atoms with van der Waals surface area (Å²) in [4.78, 5) is 12.4. The van der Waals surface area contributed by atoms with Gasteiger partial charge in [0.05, 0.1) is 24.5 Å². The predicted molar refractivity (Wildman–Crippen MR) is 136 cm³/mol. The van der Waals surface area contributed by atoms with E-state index < -0.39 is 0 Å². The monoisotopic (exact) mass is 472 g/mol. The maximum absolute atomic E-state index is 12.4. The molecule has 0 amide bonds. The molecule has 2 aromatic rings. The Morgan fingerprint density at radius 3 is 2.76 bits per heavy atom. The van der Waals surface area contributed by atoms with Crippen LogP contribution in [-0.2, 0) is 11.2 Å². The number of nitrogens with one attached hydrogen (secondary N) is 2. The second-order valence-corrected chi connectivity index (χ2v) is 10.00. The zero-order chi connectivity index (χ0) is 23.0. The molecular weight excluding hydrogens is 436 g/mol. The molecule has 5 rings (SSSR count). The van der Waals surface area contributed by atoms with Gasteiger partial charge in [-0.15, -0.1) is 0 Å². The third-order valence-electron chi connectivity index (χ3n) is 6.97. The molecule has 2 unspecified atom stereocenters. The summed E-state index contributed by atoms with van der Waals surface area (Å²) < 4.78 is 7.05. The highest BCUT2D eigenvalue weighted by atomic mass is 35.5. The second kappa shape index (κ2) is 11.9. The molecule has 6 nitrogen and oxygen atoms in total. The predicted octanol–water partition coefficient (Wildman–Crippen LogP) is 5.67. The van der Waals surface area contributed by atoms with Gasteiger partial charge in [0.15, 0.2) is 0 Å². The average Bonchev–Trinajstić information content (AvgIpc) is 2.86. The Kier molecular flexibility index (Phi) is 8.68. The van der Waals surface area contributed by atoms with Gasteiger partial charge in [-0.2, -0.15) is 5.10 Å². The fraction of sp³-hybridized carbons (Fsp3) is 0.615. The van der Waals surface area contributed by atoms with Crippen LogP contribution in [0.25, 0.3) is 0 Å². The number of aryl methyl sites for hydroxylation is 1. The van der Waals surface area contributed by atoms with E-state index in [1.165, 1.54) is 30.5 Å². The van der Waals surface area contributed by atoms with Crippen LogP contribution >= 0.6 is 11.6 Å². The average molecular weight is 473 g/mol. The number of anilines is 2. The maximum atomic E-state index is 12.4.